The highest BCUT2D eigenvalue weighted by atomic mass is 16.5. The van der Waals surface area contributed by atoms with E-state index in [0.29, 0.717) is 22.7 Å². The molecule has 0 radical (unpaired) electrons. The molecule has 0 atom stereocenters. The molecule has 0 aliphatic carbocycles. The van der Waals surface area contributed by atoms with Crippen LogP contribution in [0.2, 0.25) is 0 Å². The lowest BCUT2D eigenvalue weighted by atomic mass is 10.1. The van der Waals surface area contributed by atoms with E-state index in [2.05, 4.69) is 5.32 Å². The highest BCUT2D eigenvalue weighted by Crippen LogP contribution is 2.23. The zero-order valence-electron chi connectivity index (χ0n) is 14.5. The van der Waals surface area contributed by atoms with Crippen LogP contribution in [0.15, 0.2) is 48.5 Å². The second-order valence-corrected chi connectivity index (χ2v) is 5.53. The van der Waals surface area contributed by atoms with Crippen molar-refractivity contribution >= 4 is 29.2 Å². The SMILES string of the molecule is COc1cccc(NC(=O)c2ccccc2N(C)C(=O)CCC(=O)[O-])c1. The lowest BCUT2D eigenvalue weighted by Gasteiger charge is -2.20. The summed E-state index contributed by atoms with van der Waals surface area (Å²) in [6.07, 6.45) is -0.577. The minimum atomic E-state index is -1.30. The summed E-state index contributed by atoms with van der Waals surface area (Å²) in [5, 5.41) is 13.3. The van der Waals surface area contributed by atoms with Gasteiger partial charge in [0.2, 0.25) is 5.91 Å². The Kier molecular flexibility index (Phi) is 6.32. The number of methoxy groups -OCH3 is 1. The van der Waals surface area contributed by atoms with Crippen molar-refractivity contribution in [2.75, 3.05) is 24.4 Å². The van der Waals surface area contributed by atoms with Crippen molar-refractivity contribution < 1.29 is 24.2 Å². The molecule has 0 saturated carbocycles. The van der Waals surface area contributed by atoms with Crippen molar-refractivity contribution in [1.82, 2.24) is 0 Å². The third-order valence-electron chi connectivity index (χ3n) is 3.75. The number of nitrogens with zero attached hydrogens (tertiary/aromatic N) is 1. The summed E-state index contributed by atoms with van der Waals surface area (Å²) < 4.78 is 5.12. The number of benzene rings is 2. The van der Waals surface area contributed by atoms with Crippen molar-refractivity contribution in [2.24, 2.45) is 0 Å². The van der Waals surface area contributed by atoms with Crippen molar-refractivity contribution in [3.8, 4) is 5.75 Å². The fourth-order valence-electron chi connectivity index (χ4n) is 2.37. The predicted octanol–water partition coefficient (Wildman–Crippen LogP) is 1.44. The number of carbonyl (C=O) groups is 3. The number of carbonyl (C=O) groups excluding carboxylic acids is 3. The Morgan fingerprint density at radius 2 is 1.81 bits per heavy atom. The molecular formula is C19H19N2O5-. The average Bonchev–Trinajstić information content (AvgIpc) is 2.65. The number of hydrogen-bond donors (Lipinski definition) is 1. The summed E-state index contributed by atoms with van der Waals surface area (Å²) in [7, 11) is 3.03. The van der Waals surface area contributed by atoms with E-state index >= 15 is 0 Å². The number of para-hydroxylation sites is 1. The molecule has 2 aromatic rings. The van der Waals surface area contributed by atoms with Gasteiger partial charge in [0, 0.05) is 31.2 Å². The van der Waals surface area contributed by atoms with Gasteiger partial charge in [-0.25, -0.2) is 0 Å². The molecule has 0 aliphatic rings. The van der Waals surface area contributed by atoms with E-state index in [1.54, 1.807) is 48.5 Å². The fourth-order valence-corrected chi connectivity index (χ4v) is 2.37. The van der Waals surface area contributed by atoms with Crippen LogP contribution >= 0.6 is 0 Å². The number of anilines is 2. The number of ether oxygens (including phenoxy) is 1. The molecule has 0 aromatic heterocycles. The predicted molar refractivity (Wildman–Crippen MR) is 95.0 cm³/mol. The van der Waals surface area contributed by atoms with Gasteiger partial charge in [-0.3, -0.25) is 9.59 Å². The molecule has 0 unspecified atom stereocenters. The van der Waals surface area contributed by atoms with Gasteiger partial charge in [0.15, 0.2) is 0 Å². The van der Waals surface area contributed by atoms with Crippen LogP contribution in [-0.2, 0) is 9.59 Å². The van der Waals surface area contributed by atoms with Crippen molar-refractivity contribution in [2.45, 2.75) is 12.8 Å². The number of carboxylic acid groups (broad SMARTS) is 1. The van der Waals surface area contributed by atoms with Crippen LogP contribution in [-0.4, -0.2) is 31.9 Å². The first-order valence-electron chi connectivity index (χ1n) is 7.93. The van der Waals surface area contributed by atoms with Crippen LogP contribution in [0.25, 0.3) is 0 Å². The fraction of sp³-hybridized carbons (Fsp3) is 0.211. The first-order valence-corrected chi connectivity index (χ1v) is 7.93. The molecular weight excluding hydrogens is 336 g/mol. The van der Waals surface area contributed by atoms with Crippen LogP contribution in [0.5, 0.6) is 5.75 Å². The molecule has 0 bridgehead atoms. The zero-order valence-corrected chi connectivity index (χ0v) is 14.5. The Hall–Kier alpha value is -3.35. The Bertz CT molecular complexity index is 819. The average molecular weight is 355 g/mol. The van der Waals surface area contributed by atoms with Gasteiger partial charge >= 0.3 is 0 Å². The third kappa shape index (κ3) is 4.83. The normalized spacial score (nSPS) is 10.1. The van der Waals surface area contributed by atoms with Gasteiger partial charge in [-0.2, -0.15) is 0 Å². The van der Waals surface area contributed by atoms with E-state index in [9.17, 15) is 19.5 Å². The summed E-state index contributed by atoms with van der Waals surface area (Å²) >= 11 is 0. The van der Waals surface area contributed by atoms with E-state index in [0.717, 1.165) is 0 Å². The number of nitrogens with one attached hydrogen (secondary N) is 1. The topological polar surface area (TPSA) is 98.8 Å². The van der Waals surface area contributed by atoms with Crippen LogP contribution in [0.4, 0.5) is 11.4 Å². The lowest BCUT2D eigenvalue weighted by Crippen LogP contribution is -2.31. The monoisotopic (exact) mass is 355 g/mol. The molecule has 2 rings (SSSR count). The van der Waals surface area contributed by atoms with Gasteiger partial charge < -0.3 is 24.9 Å². The van der Waals surface area contributed by atoms with Crippen molar-refractivity contribution in [3.05, 3.63) is 54.1 Å². The largest absolute Gasteiger partial charge is 0.550 e. The molecule has 0 saturated heterocycles. The molecule has 0 heterocycles. The Balaban J connectivity index is 2.20. The molecule has 7 heteroatoms. The maximum atomic E-state index is 12.6. The number of carboxylic acids is 1. The van der Waals surface area contributed by atoms with Crippen LogP contribution in [0.3, 0.4) is 0 Å². The Morgan fingerprint density at radius 1 is 1.08 bits per heavy atom. The van der Waals surface area contributed by atoms with Gasteiger partial charge in [0.05, 0.1) is 18.4 Å². The van der Waals surface area contributed by atoms with Gasteiger partial charge in [0.25, 0.3) is 5.91 Å². The van der Waals surface area contributed by atoms with E-state index in [1.807, 2.05) is 0 Å². The number of amides is 2. The molecule has 0 aliphatic heterocycles. The standard InChI is InChI=1S/C19H20N2O5/c1-21(17(22)10-11-18(23)24)16-9-4-3-8-15(16)19(25)20-13-6-5-7-14(12-13)26-2/h3-9,12H,10-11H2,1-2H3,(H,20,25)(H,23,24)/p-1. The van der Waals surface area contributed by atoms with Gasteiger partial charge in [0.1, 0.15) is 5.75 Å². The Labute approximate surface area is 151 Å². The van der Waals surface area contributed by atoms with Gasteiger partial charge in [-0.05, 0) is 30.7 Å². The summed E-state index contributed by atoms with van der Waals surface area (Å²) in [4.78, 5) is 36.6. The second-order valence-electron chi connectivity index (χ2n) is 5.53. The maximum absolute atomic E-state index is 12.6. The lowest BCUT2D eigenvalue weighted by molar-refractivity contribution is -0.305. The first-order chi connectivity index (χ1) is 12.4. The molecule has 0 spiro atoms. The molecule has 2 aromatic carbocycles. The van der Waals surface area contributed by atoms with Crippen LogP contribution in [0.1, 0.15) is 23.2 Å². The molecule has 0 fully saturated rings. The number of hydrogen-bond acceptors (Lipinski definition) is 5. The summed E-state index contributed by atoms with van der Waals surface area (Å²) in [6, 6.07) is 13.5. The smallest absolute Gasteiger partial charge is 0.257 e. The third-order valence-corrected chi connectivity index (χ3v) is 3.75. The molecule has 136 valence electrons. The van der Waals surface area contributed by atoms with E-state index in [1.165, 1.54) is 19.1 Å². The van der Waals surface area contributed by atoms with Crippen LogP contribution < -0.4 is 20.1 Å². The molecule has 26 heavy (non-hydrogen) atoms. The zero-order chi connectivity index (χ0) is 19.1. The van der Waals surface area contributed by atoms with Gasteiger partial charge in [-0.1, -0.05) is 18.2 Å². The minimum Gasteiger partial charge on any atom is -0.550 e. The maximum Gasteiger partial charge on any atom is 0.257 e. The number of aliphatic carboxylic acids is 1. The van der Waals surface area contributed by atoms with Crippen molar-refractivity contribution in [1.29, 1.82) is 0 Å². The van der Waals surface area contributed by atoms with Crippen LogP contribution in [0, 0.1) is 0 Å². The summed E-state index contributed by atoms with van der Waals surface area (Å²) in [6.45, 7) is 0. The molecule has 7 nitrogen and oxygen atoms in total. The van der Waals surface area contributed by atoms with E-state index in [4.69, 9.17) is 4.74 Å². The first kappa shape index (κ1) is 19.0. The van der Waals surface area contributed by atoms with E-state index in [-0.39, 0.29) is 12.8 Å². The van der Waals surface area contributed by atoms with Gasteiger partial charge in [-0.15, -0.1) is 0 Å². The summed E-state index contributed by atoms with van der Waals surface area (Å²) in [5.41, 5.74) is 1.23. The quantitative estimate of drug-likeness (QED) is 0.810. The van der Waals surface area contributed by atoms with E-state index < -0.39 is 17.8 Å². The number of rotatable bonds is 7. The second kappa shape index (κ2) is 8.66. The highest BCUT2D eigenvalue weighted by Gasteiger charge is 2.18. The molecule has 2 amide bonds. The highest BCUT2D eigenvalue weighted by molar-refractivity contribution is 6.10. The Morgan fingerprint density at radius 3 is 2.50 bits per heavy atom. The summed E-state index contributed by atoms with van der Waals surface area (Å²) in [5.74, 6) is -1.51. The van der Waals surface area contributed by atoms with Crippen molar-refractivity contribution in [3.63, 3.8) is 0 Å². The minimum absolute atomic E-state index is 0.204. The molecule has 1 N–H and O–H groups in total.